The lowest BCUT2D eigenvalue weighted by molar-refractivity contribution is -0.166. The third-order valence-corrected chi connectivity index (χ3v) is 16.2. The van der Waals surface area contributed by atoms with Gasteiger partial charge in [0.2, 0.25) is 0 Å². The van der Waals surface area contributed by atoms with Gasteiger partial charge in [-0.05, 0) is 77.0 Å². The maximum Gasteiger partial charge on any atom is 0.306 e. The first-order valence-corrected chi connectivity index (χ1v) is 36.4. The number of carbonyl (C=O) groups excluding carboxylic acids is 3. The molecule has 0 spiro atoms. The van der Waals surface area contributed by atoms with Crippen LogP contribution in [-0.2, 0) is 28.6 Å². The van der Waals surface area contributed by atoms with Gasteiger partial charge in [0.1, 0.15) is 13.2 Å². The Morgan fingerprint density at radius 1 is 0.253 bits per heavy atom. The molecule has 83 heavy (non-hydrogen) atoms. The first-order valence-electron chi connectivity index (χ1n) is 36.4. The van der Waals surface area contributed by atoms with Crippen LogP contribution in [0.1, 0.15) is 380 Å². The predicted molar refractivity (Wildman–Crippen MR) is 362 cm³/mol. The van der Waals surface area contributed by atoms with Crippen LogP contribution in [0, 0.1) is 0 Å². The van der Waals surface area contributed by atoms with E-state index in [0.29, 0.717) is 19.3 Å². The number of hydrogen-bond donors (Lipinski definition) is 0. The average molecular weight is 1160 g/mol. The number of allylic oxidation sites excluding steroid dienone is 12. The summed E-state index contributed by atoms with van der Waals surface area (Å²) in [5.41, 5.74) is 0. The van der Waals surface area contributed by atoms with Crippen molar-refractivity contribution in [1.29, 1.82) is 0 Å². The SMILES string of the molecule is CC/C=C\C/C=C\C/C=C\C/C=C\CCC(=O)OCC(COC(=O)CCCCCCCCCCCCCCCCCCCCCCCCCCCCCCCCCCCC)OC(=O)CCCCCCCCC/C=C\C/C=C\CCCCCC. The summed E-state index contributed by atoms with van der Waals surface area (Å²) in [6.07, 6.45) is 94.1. The zero-order valence-electron chi connectivity index (χ0n) is 55.5. The van der Waals surface area contributed by atoms with Gasteiger partial charge in [0, 0.05) is 19.3 Å². The number of rotatable bonds is 67. The molecule has 482 valence electrons. The summed E-state index contributed by atoms with van der Waals surface area (Å²) in [6, 6.07) is 0. The summed E-state index contributed by atoms with van der Waals surface area (Å²) in [6.45, 7) is 6.49. The van der Waals surface area contributed by atoms with E-state index < -0.39 is 6.10 Å². The van der Waals surface area contributed by atoms with Crippen LogP contribution < -0.4 is 0 Å². The number of ether oxygens (including phenoxy) is 3. The fourth-order valence-corrected chi connectivity index (χ4v) is 10.8. The Bertz CT molecular complexity index is 1520. The Labute approximate surface area is 516 Å². The van der Waals surface area contributed by atoms with E-state index in [9.17, 15) is 14.4 Å². The molecule has 0 aliphatic carbocycles. The summed E-state index contributed by atoms with van der Waals surface area (Å²) in [5.74, 6) is -0.973. The number of carbonyl (C=O) groups is 3. The first-order chi connectivity index (χ1) is 41.0. The highest BCUT2D eigenvalue weighted by Gasteiger charge is 2.19. The standard InChI is InChI=1S/C77H138O6/c1-4-7-10-13-16-19-22-25-27-29-31-32-33-34-35-36-37-38-39-40-41-42-43-44-45-46-48-49-52-55-58-61-64-67-70-76(79)82-73-74(72-81-75(78)69-66-63-60-57-54-51-24-21-18-15-12-9-6-3)83-77(80)71-68-65-62-59-56-53-50-47-30-28-26-23-20-17-14-11-8-5-2/h9,12,18,20-21,23,28,30,51,54,60,63,74H,4-8,10-11,13-17,19,22,24-27,29,31-50,52-53,55-59,61-62,64-73H2,1-3H3/b12-9-,21-18-,23-20-,30-28-,54-51-,63-60-. The molecular formula is C77H138O6. The van der Waals surface area contributed by atoms with Crippen LogP contribution >= 0.6 is 0 Å². The highest BCUT2D eigenvalue weighted by Crippen LogP contribution is 2.19. The van der Waals surface area contributed by atoms with Crippen LogP contribution in [0.3, 0.4) is 0 Å². The second kappa shape index (κ2) is 71.3. The molecule has 0 aliphatic heterocycles. The van der Waals surface area contributed by atoms with Crippen molar-refractivity contribution in [2.24, 2.45) is 0 Å². The van der Waals surface area contributed by atoms with Gasteiger partial charge in [0.05, 0.1) is 0 Å². The zero-order valence-corrected chi connectivity index (χ0v) is 55.5. The fourth-order valence-electron chi connectivity index (χ4n) is 10.8. The molecule has 0 amide bonds. The first kappa shape index (κ1) is 79.8. The molecule has 0 saturated carbocycles. The minimum atomic E-state index is -0.809. The highest BCUT2D eigenvalue weighted by atomic mass is 16.6. The lowest BCUT2D eigenvalue weighted by Gasteiger charge is -2.18. The van der Waals surface area contributed by atoms with E-state index in [1.54, 1.807) is 0 Å². The molecule has 6 nitrogen and oxygen atoms in total. The molecule has 0 saturated heterocycles. The maximum atomic E-state index is 12.9. The van der Waals surface area contributed by atoms with Gasteiger partial charge in [-0.3, -0.25) is 14.4 Å². The molecule has 0 bridgehead atoms. The normalized spacial score (nSPS) is 12.5. The van der Waals surface area contributed by atoms with E-state index in [2.05, 4.69) is 87.6 Å². The fraction of sp³-hybridized carbons (Fsp3) is 0.805. The van der Waals surface area contributed by atoms with Gasteiger partial charge in [0.15, 0.2) is 6.10 Å². The van der Waals surface area contributed by atoms with Gasteiger partial charge in [-0.1, -0.05) is 357 Å². The van der Waals surface area contributed by atoms with E-state index >= 15 is 0 Å². The molecule has 0 aromatic carbocycles. The van der Waals surface area contributed by atoms with Gasteiger partial charge in [-0.2, -0.15) is 0 Å². The van der Waals surface area contributed by atoms with Gasteiger partial charge >= 0.3 is 17.9 Å². The molecule has 6 heteroatoms. The molecule has 0 fully saturated rings. The third-order valence-electron chi connectivity index (χ3n) is 16.2. The Kier molecular flexibility index (Phi) is 68.6. The van der Waals surface area contributed by atoms with Gasteiger partial charge in [-0.15, -0.1) is 0 Å². The summed E-state index contributed by atoms with van der Waals surface area (Å²) >= 11 is 0. The maximum absolute atomic E-state index is 12.9. The number of hydrogen-bond acceptors (Lipinski definition) is 6. The summed E-state index contributed by atoms with van der Waals surface area (Å²) < 4.78 is 16.9. The average Bonchev–Trinajstić information content (AvgIpc) is 3.50. The van der Waals surface area contributed by atoms with Crippen molar-refractivity contribution in [3.05, 3.63) is 72.9 Å². The van der Waals surface area contributed by atoms with Crippen molar-refractivity contribution in [2.75, 3.05) is 13.2 Å². The second-order valence-electron chi connectivity index (χ2n) is 24.5. The van der Waals surface area contributed by atoms with Crippen LogP contribution in [0.25, 0.3) is 0 Å². The highest BCUT2D eigenvalue weighted by molar-refractivity contribution is 5.71. The van der Waals surface area contributed by atoms with Crippen molar-refractivity contribution in [1.82, 2.24) is 0 Å². The summed E-state index contributed by atoms with van der Waals surface area (Å²) in [7, 11) is 0. The van der Waals surface area contributed by atoms with Crippen LogP contribution in [0.4, 0.5) is 0 Å². The van der Waals surface area contributed by atoms with Crippen LogP contribution in [0.2, 0.25) is 0 Å². The lowest BCUT2D eigenvalue weighted by atomic mass is 10.0. The lowest BCUT2D eigenvalue weighted by Crippen LogP contribution is -2.30. The van der Waals surface area contributed by atoms with Crippen molar-refractivity contribution < 1.29 is 28.6 Å². The molecule has 1 atom stereocenters. The van der Waals surface area contributed by atoms with E-state index in [-0.39, 0.29) is 37.5 Å². The minimum absolute atomic E-state index is 0.0978. The number of esters is 3. The van der Waals surface area contributed by atoms with Gasteiger partial charge in [-0.25, -0.2) is 0 Å². The Balaban J connectivity index is 4.14. The molecular weight excluding hydrogens is 1020 g/mol. The Hall–Kier alpha value is -3.15. The molecule has 1 unspecified atom stereocenters. The summed E-state index contributed by atoms with van der Waals surface area (Å²) in [5, 5.41) is 0. The van der Waals surface area contributed by atoms with E-state index in [4.69, 9.17) is 14.2 Å². The van der Waals surface area contributed by atoms with Gasteiger partial charge < -0.3 is 14.2 Å². The molecule has 0 rings (SSSR count). The monoisotopic (exact) mass is 1160 g/mol. The Morgan fingerprint density at radius 3 is 0.819 bits per heavy atom. The van der Waals surface area contributed by atoms with E-state index in [1.807, 2.05) is 6.08 Å². The smallest absolute Gasteiger partial charge is 0.306 e. The molecule has 0 aromatic rings. The van der Waals surface area contributed by atoms with Crippen LogP contribution in [0.5, 0.6) is 0 Å². The molecule has 0 heterocycles. The molecule has 0 aromatic heterocycles. The number of unbranched alkanes of at least 4 members (excludes halogenated alkanes) is 44. The van der Waals surface area contributed by atoms with Crippen molar-refractivity contribution >= 4 is 17.9 Å². The second-order valence-corrected chi connectivity index (χ2v) is 24.5. The minimum Gasteiger partial charge on any atom is -0.462 e. The zero-order chi connectivity index (χ0) is 59.9. The summed E-state index contributed by atoms with van der Waals surface area (Å²) in [4.78, 5) is 38.3. The van der Waals surface area contributed by atoms with Crippen LogP contribution in [0.15, 0.2) is 72.9 Å². The van der Waals surface area contributed by atoms with Crippen molar-refractivity contribution in [3.8, 4) is 0 Å². The molecule has 0 radical (unpaired) electrons. The molecule has 0 N–H and O–H groups in total. The van der Waals surface area contributed by atoms with Crippen LogP contribution in [-0.4, -0.2) is 37.2 Å². The van der Waals surface area contributed by atoms with Crippen molar-refractivity contribution in [2.45, 2.75) is 386 Å². The quantitative estimate of drug-likeness (QED) is 0.0261. The Morgan fingerprint density at radius 2 is 0.494 bits per heavy atom. The van der Waals surface area contributed by atoms with Gasteiger partial charge in [0.25, 0.3) is 0 Å². The topological polar surface area (TPSA) is 78.9 Å². The predicted octanol–water partition coefficient (Wildman–Crippen LogP) is 25.2. The largest absolute Gasteiger partial charge is 0.462 e. The third kappa shape index (κ3) is 69.5. The van der Waals surface area contributed by atoms with E-state index in [0.717, 1.165) is 77.0 Å². The van der Waals surface area contributed by atoms with Crippen molar-refractivity contribution in [3.63, 3.8) is 0 Å². The molecule has 0 aliphatic rings. The van der Waals surface area contributed by atoms with E-state index in [1.165, 1.54) is 257 Å².